The van der Waals surface area contributed by atoms with Gasteiger partial charge in [-0.05, 0) is 30.7 Å². The molecule has 1 heterocycles. The third-order valence-electron chi connectivity index (χ3n) is 2.85. The molecule has 92 valence electrons. The molecule has 2 aromatic rings. The van der Waals surface area contributed by atoms with Crippen LogP contribution in [0.3, 0.4) is 0 Å². The van der Waals surface area contributed by atoms with Gasteiger partial charge in [0.05, 0.1) is 11.6 Å². The van der Waals surface area contributed by atoms with E-state index in [4.69, 9.17) is 5.26 Å². The lowest BCUT2D eigenvalue weighted by Crippen LogP contribution is -2.02. The first-order chi connectivity index (χ1) is 8.60. The maximum Gasteiger partial charge on any atom is 0.129 e. The zero-order chi connectivity index (χ0) is 13.1. The van der Waals surface area contributed by atoms with Crippen LogP contribution in [0.2, 0.25) is 0 Å². The predicted octanol–water partition coefficient (Wildman–Crippen LogP) is 2.96. The van der Waals surface area contributed by atoms with Crippen molar-refractivity contribution in [1.29, 1.82) is 5.26 Å². The average molecular weight is 243 g/mol. The monoisotopic (exact) mass is 243 g/mol. The molecule has 0 radical (unpaired) electrons. The molecule has 0 aliphatic carbocycles. The van der Waals surface area contributed by atoms with Crippen LogP contribution in [0, 0.1) is 24.1 Å². The summed E-state index contributed by atoms with van der Waals surface area (Å²) in [4.78, 5) is 0. The van der Waals surface area contributed by atoms with Crippen LogP contribution in [0.4, 0.5) is 10.1 Å². The number of aromatic nitrogens is 1. The summed E-state index contributed by atoms with van der Waals surface area (Å²) >= 11 is 0. The van der Waals surface area contributed by atoms with Gasteiger partial charge in [-0.2, -0.15) is 5.26 Å². The van der Waals surface area contributed by atoms with Crippen molar-refractivity contribution >= 4 is 5.69 Å². The number of aryl methyl sites for hydroxylation is 1. The number of nitriles is 1. The Balaban J connectivity index is 2.19. The average Bonchev–Trinajstić information content (AvgIpc) is 2.77. The van der Waals surface area contributed by atoms with E-state index in [1.807, 2.05) is 36.1 Å². The second kappa shape index (κ2) is 4.92. The van der Waals surface area contributed by atoms with Gasteiger partial charge in [-0.15, -0.1) is 0 Å². The lowest BCUT2D eigenvalue weighted by molar-refractivity contribution is 0.618. The fraction of sp³-hybridized carbons (Fsp3) is 0.214. The van der Waals surface area contributed by atoms with Crippen LogP contribution < -0.4 is 5.32 Å². The van der Waals surface area contributed by atoms with Gasteiger partial charge in [0, 0.05) is 37.2 Å². The molecule has 0 aliphatic rings. The minimum absolute atomic E-state index is 0.327. The number of nitrogens with zero attached hydrogens (tertiary/aromatic N) is 2. The van der Waals surface area contributed by atoms with E-state index in [1.54, 1.807) is 13.0 Å². The van der Waals surface area contributed by atoms with Crippen LogP contribution in [0.5, 0.6) is 0 Å². The summed E-state index contributed by atoms with van der Waals surface area (Å²) in [5.74, 6) is -0.357. The molecule has 0 spiro atoms. The summed E-state index contributed by atoms with van der Waals surface area (Å²) in [5, 5.41) is 12.0. The first kappa shape index (κ1) is 12.2. The molecule has 1 N–H and O–H groups in total. The molecule has 0 amide bonds. The molecule has 0 aliphatic heterocycles. The van der Waals surface area contributed by atoms with E-state index < -0.39 is 0 Å². The Bertz CT molecular complexity index is 608. The first-order valence-corrected chi connectivity index (χ1v) is 5.65. The largest absolute Gasteiger partial charge is 0.381 e. The molecule has 0 saturated heterocycles. The van der Waals surface area contributed by atoms with Gasteiger partial charge in [-0.25, -0.2) is 4.39 Å². The molecule has 2 rings (SSSR count). The van der Waals surface area contributed by atoms with Crippen LogP contribution >= 0.6 is 0 Å². The highest BCUT2D eigenvalue weighted by atomic mass is 19.1. The van der Waals surface area contributed by atoms with Crippen molar-refractivity contribution in [2.24, 2.45) is 7.05 Å². The van der Waals surface area contributed by atoms with Crippen molar-refractivity contribution in [3.8, 4) is 6.07 Å². The van der Waals surface area contributed by atoms with Crippen molar-refractivity contribution in [3.63, 3.8) is 0 Å². The topological polar surface area (TPSA) is 40.8 Å². The van der Waals surface area contributed by atoms with Crippen LogP contribution in [-0.4, -0.2) is 4.57 Å². The third-order valence-corrected chi connectivity index (χ3v) is 2.85. The molecule has 4 heteroatoms. The van der Waals surface area contributed by atoms with Gasteiger partial charge in [0.1, 0.15) is 5.82 Å². The molecule has 0 unspecified atom stereocenters. The summed E-state index contributed by atoms with van der Waals surface area (Å²) in [6.45, 7) is 2.31. The number of benzene rings is 1. The normalized spacial score (nSPS) is 10.1. The van der Waals surface area contributed by atoms with Gasteiger partial charge in [0.25, 0.3) is 0 Å². The van der Waals surface area contributed by atoms with E-state index in [1.165, 1.54) is 6.07 Å². The molecular weight excluding hydrogens is 229 g/mol. The van der Waals surface area contributed by atoms with Crippen molar-refractivity contribution in [1.82, 2.24) is 4.57 Å². The van der Waals surface area contributed by atoms with E-state index in [9.17, 15) is 4.39 Å². The van der Waals surface area contributed by atoms with Crippen molar-refractivity contribution in [3.05, 3.63) is 53.1 Å². The number of hydrogen-bond donors (Lipinski definition) is 1. The fourth-order valence-corrected chi connectivity index (χ4v) is 1.79. The molecule has 0 fully saturated rings. The van der Waals surface area contributed by atoms with Crippen molar-refractivity contribution in [2.45, 2.75) is 13.5 Å². The smallest absolute Gasteiger partial charge is 0.129 e. The number of nitrogens with one attached hydrogen (secondary N) is 1. The minimum atomic E-state index is -0.357. The van der Waals surface area contributed by atoms with Gasteiger partial charge in [0.2, 0.25) is 0 Å². The van der Waals surface area contributed by atoms with Crippen LogP contribution in [-0.2, 0) is 13.6 Å². The van der Waals surface area contributed by atoms with E-state index in [-0.39, 0.29) is 5.82 Å². The Kier molecular flexibility index (Phi) is 3.33. The molecule has 3 nitrogen and oxygen atoms in total. The Morgan fingerprint density at radius 3 is 2.83 bits per heavy atom. The summed E-state index contributed by atoms with van der Waals surface area (Å²) < 4.78 is 15.5. The fourth-order valence-electron chi connectivity index (χ4n) is 1.79. The van der Waals surface area contributed by atoms with Gasteiger partial charge in [-0.3, -0.25) is 0 Å². The van der Waals surface area contributed by atoms with E-state index in [0.29, 0.717) is 23.4 Å². The molecule has 0 atom stereocenters. The highest BCUT2D eigenvalue weighted by Gasteiger charge is 2.07. The van der Waals surface area contributed by atoms with Gasteiger partial charge in [0.15, 0.2) is 0 Å². The van der Waals surface area contributed by atoms with Crippen LogP contribution in [0.15, 0.2) is 30.6 Å². The number of anilines is 1. The first-order valence-electron chi connectivity index (χ1n) is 5.65. The highest BCUT2D eigenvalue weighted by molar-refractivity contribution is 5.56. The standard InChI is InChI=1S/C14H14FN3/c1-10-13(15)5-12(7-16)6-14(10)17-8-11-3-4-18(2)9-11/h3-6,9,17H,8H2,1-2H3. The minimum Gasteiger partial charge on any atom is -0.381 e. The van der Waals surface area contributed by atoms with E-state index in [2.05, 4.69) is 5.32 Å². The summed E-state index contributed by atoms with van der Waals surface area (Å²) in [5.41, 5.74) is 2.63. The maximum atomic E-state index is 13.6. The number of halogens is 1. The number of hydrogen-bond acceptors (Lipinski definition) is 2. The molecular formula is C14H14FN3. The van der Waals surface area contributed by atoms with Crippen LogP contribution in [0.1, 0.15) is 16.7 Å². The molecule has 0 bridgehead atoms. The van der Waals surface area contributed by atoms with Crippen molar-refractivity contribution < 1.29 is 4.39 Å². The lowest BCUT2D eigenvalue weighted by atomic mass is 10.1. The Morgan fingerprint density at radius 2 is 2.22 bits per heavy atom. The summed E-state index contributed by atoms with van der Waals surface area (Å²) in [6.07, 6.45) is 3.95. The van der Waals surface area contributed by atoms with Gasteiger partial charge in [-0.1, -0.05) is 0 Å². The highest BCUT2D eigenvalue weighted by Crippen LogP contribution is 2.21. The quantitative estimate of drug-likeness (QED) is 0.900. The van der Waals surface area contributed by atoms with E-state index >= 15 is 0 Å². The van der Waals surface area contributed by atoms with Crippen molar-refractivity contribution in [2.75, 3.05) is 5.32 Å². The Morgan fingerprint density at radius 1 is 1.44 bits per heavy atom. The van der Waals surface area contributed by atoms with Crippen LogP contribution in [0.25, 0.3) is 0 Å². The predicted molar refractivity (Wildman–Crippen MR) is 68.6 cm³/mol. The second-order valence-electron chi connectivity index (χ2n) is 4.28. The zero-order valence-corrected chi connectivity index (χ0v) is 10.4. The van der Waals surface area contributed by atoms with E-state index in [0.717, 1.165) is 5.56 Å². The molecule has 0 saturated carbocycles. The van der Waals surface area contributed by atoms with Gasteiger partial charge < -0.3 is 9.88 Å². The van der Waals surface area contributed by atoms with Gasteiger partial charge >= 0.3 is 0 Å². The SMILES string of the molecule is Cc1c(F)cc(C#N)cc1NCc1ccn(C)c1. The summed E-state index contributed by atoms with van der Waals surface area (Å²) in [6, 6.07) is 6.87. The molecule has 1 aromatic carbocycles. The maximum absolute atomic E-state index is 13.6. The molecule has 1 aromatic heterocycles. The zero-order valence-electron chi connectivity index (χ0n) is 10.4. The second-order valence-corrected chi connectivity index (χ2v) is 4.28. The Labute approximate surface area is 105 Å². The lowest BCUT2D eigenvalue weighted by Gasteiger charge is -2.10. The Hall–Kier alpha value is -2.28. The number of rotatable bonds is 3. The summed E-state index contributed by atoms with van der Waals surface area (Å²) in [7, 11) is 1.95. The third kappa shape index (κ3) is 2.51. The molecule has 18 heavy (non-hydrogen) atoms.